The van der Waals surface area contributed by atoms with Crippen LogP contribution in [0.15, 0.2) is 11.8 Å². The van der Waals surface area contributed by atoms with E-state index in [4.69, 9.17) is 5.73 Å². The van der Waals surface area contributed by atoms with Crippen LogP contribution in [0, 0.1) is 0 Å². The molecular weight excluding hydrogens is 228 g/mol. The monoisotopic (exact) mass is 248 g/mol. The Hall–Kier alpha value is -0.0200. The molecule has 0 amide bonds. The Balaban J connectivity index is 3.83. The quantitative estimate of drug-likeness (QED) is 0.579. The predicted octanol–water partition coefficient (Wildman–Crippen LogP) is 2.69. The van der Waals surface area contributed by atoms with Gasteiger partial charge in [0.05, 0.1) is 4.95 Å². The summed E-state index contributed by atoms with van der Waals surface area (Å²) < 4.78 is 0. The lowest BCUT2D eigenvalue weighted by atomic mass is 10.2. The first-order valence-corrected chi connectivity index (χ1v) is 5.82. The molecule has 0 aliphatic heterocycles. The fourth-order valence-electron chi connectivity index (χ4n) is 1.09. The molecule has 0 fully saturated rings. The lowest BCUT2D eigenvalue weighted by Gasteiger charge is -2.21. The highest BCUT2D eigenvalue weighted by Gasteiger charge is 2.07. The van der Waals surface area contributed by atoms with Crippen LogP contribution in [0.4, 0.5) is 0 Å². The van der Waals surface area contributed by atoms with Gasteiger partial charge in [0.25, 0.3) is 0 Å². The maximum atomic E-state index is 5.85. The summed E-state index contributed by atoms with van der Waals surface area (Å²) in [6.07, 6.45) is 5.46. The summed E-state index contributed by atoms with van der Waals surface area (Å²) in [5, 5.41) is 0. The van der Waals surface area contributed by atoms with E-state index in [-0.39, 0.29) is 0 Å². The van der Waals surface area contributed by atoms with Crippen molar-refractivity contribution in [3.63, 3.8) is 0 Å². The average Bonchev–Trinajstić information content (AvgIpc) is 2.13. The van der Waals surface area contributed by atoms with Crippen LogP contribution >= 0.6 is 15.9 Å². The zero-order chi connectivity index (χ0) is 10.3. The molecule has 0 aromatic rings. The van der Waals surface area contributed by atoms with E-state index in [0.29, 0.717) is 4.95 Å². The fraction of sp³-hybridized carbons (Fsp3) is 0.800. The third kappa shape index (κ3) is 6.11. The topological polar surface area (TPSA) is 29.3 Å². The largest absolute Gasteiger partial charge is 0.401 e. The minimum atomic E-state index is 0.432. The first-order valence-electron chi connectivity index (χ1n) is 4.90. The fourth-order valence-corrected chi connectivity index (χ4v) is 1.24. The molecule has 1 atom stereocenters. The van der Waals surface area contributed by atoms with Gasteiger partial charge < -0.3 is 5.73 Å². The molecule has 0 unspecified atom stereocenters. The molecular formula is C10H21BrN2. The molecule has 3 heteroatoms. The van der Waals surface area contributed by atoms with Crippen molar-refractivity contribution in [1.82, 2.24) is 4.90 Å². The molecule has 0 saturated heterocycles. The van der Waals surface area contributed by atoms with E-state index in [1.54, 1.807) is 0 Å². The summed E-state index contributed by atoms with van der Waals surface area (Å²) >= 11 is 3.58. The smallest absolute Gasteiger partial charge is 0.0653 e. The second kappa shape index (κ2) is 7.39. The van der Waals surface area contributed by atoms with E-state index in [0.717, 1.165) is 31.5 Å². The number of alkyl halides is 1. The molecule has 0 heterocycles. The van der Waals surface area contributed by atoms with Crippen molar-refractivity contribution in [2.45, 2.75) is 38.1 Å². The molecule has 78 valence electrons. The second-order valence-corrected chi connectivity index (χ2v) is 4.38. The summed E-state index contributed by atoms with van der Waals surface area (Å²) in [5.74, 6) is 0. The lowest BCUT2D eigenvalue weighted by Crippen LogP contribution is -2.30. The number of hydrogen-bond donors (Lipinski definition) is 1. The minimum absolute atomic E-state index is 0.432. The molecule has 2 nitrogen and oxygen atoms in total. The van der Waals surface area contributed by atoms with Gasteiger partial charge in [0.15, 0.2) is 0 Å². The van der Waals surface area contributed by atoms with Crippen LogP contribution in [-0.4, -0.2) is 23.4 Å². The number of likely N-dealkylation sites (N-methyl/N-ethyl adjacent to an activating group) is 1. The van der Waals surface area contributed by atoms with Gasteiger partial charge in [0.2, 0.25) is 0 Å². The standard InChI is InChI=1S/C10H21BrN2/c1-4-6-7-9(12)8-13(3)10(11)5-2/h7,10H,4-6,8,12H2,1-3H3/t10-/m1/s1. The van der Waals surface area contributed by atoms with E-state index in [2.05, 4.69) is 47.8 Å². The summed E-state index contributed by atoms with van der Waals surface area (Å²) in [6.45, 7) is 5.17. The van der Waals surface area contributed by atoms with Gasteiger partial charge in [-0.3, -0.25) is 4.90 Å². The number of rotatable bonds is 6. The van der Waals surface area contributed by atoms with Gasteiger partial charge in [-0.25, -0.2) is 0 Å². The van der Waals surface area contributed by atoms with Gasteiger partial charge >= 0.3 is 0 Å². The molecule has 0 bridgehead atoms. The number of allylic oxidation sites excluding steroid dienone is 1. The van der Waals surface area contributed by atoms with Crippen molar-refractivity contribution in [2.75, 3.05) is 13.6 Å². The Kier molecular flexibility index (Phi) is 7.38. The molecule has 0 spiro atoms. The Morgan fingerprint density at radius 1 is 1.54 bits per heavy atom. The average molecular weight is 249 g/mol. The van der Waals surface area contributed by atoms with Crippen molar-refractivity contribution < 1.29 is 0 Å². The van der Waals surface area contributed by atoms with Gasteiger partial charge in [-0.05, 0) is 19.9 Å². The Morgan fingerprint density at radius 3 is 2.62 bits per heavy atom. The zero-order valence-corrected chi connectivity index (χ0v) is 10.5. The van der Waals surface area contributed by atoms with Crippen LogP contribution in [-0.2, 0) is 0 Å². The van der Waals surface area contributed by atoms with Crippen molar-refractivity contribution in [3.8, 4) is 0 Å². The second-order valence-electron chi connectivity index (χ2n) is 3.33. The first kappa shape index (κ1) is 13.0. The molecule has 0 radical (unpaired) electrons. The number of hydrogen-bond acceptors (Lipinski definition) is 2. The molecule has 0 aromatic heterocycles. The predicted molar refractivity (Wildman–Crippen MR) is 62.8 cm³/mol. The SMILES string of the molecule is CCCC=C(N)CN(C)[C@@H](Br)CC. The highest BCUT2D eigenvalue weighted by molar-refractivity contribution is 9.09. The molecule has 0 aliphatic carbocycles. The van der Waals surface area contributed by atoms with Crippen LogP contribution in [0.25, 0.3) is 0 Å². The van der Waals surface area contributed by atoms with Gasteiger partial charge in [0.1, 0.15) is 0 Å². The Morgan fingerprint density at radius 2 is 2.15 bits per heavy atom. The van der Waals surface area contributed by atoms with Gasteiger partial charge in [0, 0.05) is 12.2 Å². The van der Waals surface area contributed by atoms with E-state index in [1.807, 2.05) is 0 Å². The normalized spacial score (nSPS) is 15.0. The number of unbranched alkanes of at least 4 members (excludes halogenated alkanes) is 1. The molecule has 13 heavy (non-hydrogen) atoms. The first-order chi connectivity index (χ1) is 6.11. The number of nitrogens with two attached hydrogens (primary N) is 1. The van der Waals surface area contributed by atoms with E-state index >= 15 is 0 Å². The van der Waals surface area contributed by atoms with Crippen molar-refractivity contribution in [1.29, 1.82) is 0 Å². The number of halogens is 1. The van der Waals surface area contributed by atoms with Crippen LogP contribution in [0.1, 0.15) is 33.1 Å². The maximum absolute atomic E-state index is 5.85. The highest BCUT2D eigenvalue weighted by Crippen LogP contribution is 2.09. The third-order valence-corrected chi connectivity index (χ3v) is 3.29. The van der Waals surface area contributed by atoms with Crippen molar-refractivity contribution in [3.05, 3.63) is 11.8 Å². The zero-order valence-electron chi connectivity index (χ0n) is 8.89. The molecule has 0 saturated carbocycles. The van der Waals surface area contributed by atoms with Crippen LogP contribution in [0.2, 0.25) is 0 Å². The van der Waals surface area contributed by atoms with E-state index < -0.39 is 0 Å². The molecule has 0 aromatic carbocycles. The summed E-state index contributed by atoms with van der Waals surface area (Å²) in [5.41, 5.74) is 6.83. The van der Waals surface area contributed by atoms with Crippen LogP contribution < -0.4 is 5.73 Å². The molecule has 0 rings (SSSR count). The van der Waals surface area contributed by atoms with E-state index in [9.17, 15) is 0 Å². The van der Waals surface area contributed by atoms with Crippen LogP contribution in [0.3, 0.4) is 0 Å². The van der Waals surface area contributed by atoms with Gasteiger partial charge in [-0.1, -0.05) is 42.3 Å². The molecule has 2 N–H and O–H groups in total. The lowest BCUT2D eigenvalue weighted by molar-refractivity contribution is 0.337. The Labute approximate surface area is 90.3 Å². The summed E-state index contributed by atoms with van der Waals surface area (Å²) in [6, 6.07) is 0. The van der Waals surface area contributed by atoms with Crippen LogP contribution in [0.5, 0.6) is 0 Å². The van der Waals surface area contributed by atoms with E-state index in [1.165, 1.54) is 0 Å². The summed E-state index contributed by atoms with van der Waals surface area (Å²) in [4.78, 5) is 2.64. The van der Waals surface area contributed by atoms with Gasteiger partial charge in [-0.15, -0.1) is 0 Å². The van der Waals surface area contributed by atoms with Gasteiger partial charge in [-0.2, -0.15) is 0 Å². The molecule has 0 aliphatic rings. The highest BCUT2D eigenvalue weighted by atomic mass is 79.9. The maximum Gasteiger partial charge on any atom is 0.0653 e. The number of nitrogens with zero attached hydrogens (tertiary/aromatic N) is 1. The minimum Gasteiger partial charge on any atom is -0.401 e. The Bertz CT molecular complexity index is 157. The van der Waals surface area contributed by atoms with Crippen molar-refractivity contribution in [2.24, 2.45) is 5.73 Å². The summed E-state index contributed by atoms with van der Waals surface area (Å²) in [7, 11) is 2.08. The van der Waals surface area contributed by atoms with Crippen molar-refractivity contribution >= 4 is 15.9 Å². The third-order valence-electron chi connectivity index (χ3n) is 1.94.